The zero-order valence-electron chi connectivity index (χ0n) is 15.9. The lowest BCUT2D eigenvalue weighted by Crippen LogP contribution is -2.35. The third kappa shape index (κ3) is 5.61. The van der Waals surface area contributed by atoms with Crippen LogP contribution in [0.2, 0.25) is 0 Å². The quantitative estimate of drug-likeness (QED) is 0.728. The minimum absolute atomic E-state index is 0. The number of nitrogens with one attached hydrogen (secondary N) is 1. The van der Waals surface area contributed by atoms with Gasteiger partial charge in [0.2, 0.25) is 0 Å². The molecule has 26 heavy (non-hydrogen) atoms. The van der Waals surface area contributed by atoms with E-state index in [0.29, 0.717) is 18.9 Å². The van der Waals surface area contributed by atoms with E-state index in [0.717, 1.165) is 48.8 Å². The van der Waals surface area contributed by atoms with Crippen LogP contribution in [0.3, 0.4) is 0 Å². The second-order valence-corrected chi connectivity index (χ2v) is 6.60. The van der Waals surface area contributed by atoms with Crippen molar-refractivity contribution in [3.63, 3.8) is 0 Å². The van der Waals surface area contributed by atoms with Gasteiger partial charge in [-0.25, -0.2) is 0 Å². The maximum atomic E-state index is 12.2. The second kappa shape index (κ2) is 10.8. The van der Waals surface area contributed by atoms with Crippen molar-refractivity contribution in [3.05, 3.63) is 36.0 Å². The van der Waals surface area contributed by atoms with E-state index in [1.54, 1.807) is 0 Å². The molecule has 2 aromatic rings. The molecule has 1 fully saturated rings. The van der Waals surface area contributed by atoms with Gasteiger partial charge in [-0.3, -0.25) is 4.79 Å². The number of esters is 1. The van der Waals surface area contributed by atoms with Crippen molar-refractivity contribution in [3.8, 4) is 0 Å². The highest BCUT2D eigenvalue weighted by Gasteiger charge is 2.19. The number of carbonyl (C=O) groups is 1. The van der Waals surface area contributed by atoms with Crippen LogP contribution in [-0.2, 0) is 23.0 Å². The molecule has 0 radical (unpaired) electrons. The zero-order chi connectivity index (χ0) is 17.6. The third-order valence-corrected chi connectivity index (χ3v) is 4.84. The summed E-state index contributed by atoms with van der Waals surface area (Å²) in [6.45, 7) is 2.56. The van der Waals surface area contributed by atoms with Crippen molar-refractivity contribution in [1.82, 2.24) is 9.88 Å². The highest BCUT2D eigenvalue weighted by molar-refractivity contribution is 5.86. The van der Waals surface area contributed by atoms with Gasteiger partial charge in [0.15, 0.2) is 0 Å². The first-order chi connectivity index (χ1) is 12.2. The molecular formula is C19H29Cl2N3O2. The summed E-state index contributed by atoms with van der Waals surface area (Å²) in [4.78, 5) is 12.2. The van der Waals surface area contributed by atoms with Gasteiger partial charge in [0.05, 0.1) is 6.61 Å². The number of hydrogen-bond donors (Lipinski definition) is 2. The second-order valence-electron chi connectivity index (χ2n) is 6.60. The summed E-state index contributed by atoms with van der Waals surface area (Å²) in [6, 6.07) is 7.23. The number of piperidine rings is 1. The topological polar surface area (TPSA) is 69.3 Å². The molecule has 0 aliphatic carbocycles. The summed E-state index contributed by atoms with van der Waals surface area (Å²) < 4.78 is 14.9. The van der Waals surface area contributed by atoms with Crippen molar-refractivity contribution in [2.45, 2.75) is 31.7 Å². The molecule has 1 aromatic carbocycles. The van der Waals surface area contributed by atoms with Gasteiger partial charge in [-0.15, -0.1) is 24.8 Å². The normalized spacial score (nSPS) is 16.3. The minimum atomic E-state index is -0.669. The van der Waals surface area contributed by atoms with E-state index in [2.05, 4.69) is 5.32 Å². The molecule has 0 amide bonds. The largest absolute Gasteiger partial charge is 0.465 e. The van der Waals surface area contributed by atoms with Gasteiger partial charge < -0.3 is 20.4 Å². The van der Waals surface area contributed by atoms with Crippen LogP contribution < -0.4 is 11.1 Å². The third-order valence-electron chi connectivity index (χ3n) is 4.84. The molecule has 7 heteroatoms. The van der Waals surface area contributed by atoms with Gasteiger partial charge in [-0.05, 0) is 49.9 Å². The summed E-state index contributed by atoms with van der Waals surface area (Å²) in [7, 11) is 0.149. The lowest BCUT2D eigenvalue weighted by molar-refractivity contribution is -0.145. The van der Waals surface area contributed by atoms with Gasteiger partial charge in [-0.1, -0.05) is 18.2 Å². The fourth-order valence-electron chi connectivity index (χ4n) is 3.41. The number of nitrogens with two attached hydrogens (primary N) is 1. The first-order valence-electron chi connectivity index (χ1n) is 9.38. The molecule has 146 valence electrons. The molecule has 1 atom stereocenters. The van der Waals surface area contributed by atoms with Crippen molar-refractivity contribution in [1.29, 1.82) is 0 Å². The van der Waals surface area contributed by atoms with Gasteiger partial charge in [0, 0.05) is 31.9 Å². The van der Waals surface area contributed by atoms with Crippen molar-refractivity contribution < 1.29 is 10.9 Å². The molecule has 1 saturated heterocycles. The number of aromatic nitrogens is 1. The number of fused-ring (bicyclic) bond motifs is 1. The Hall–Kier alpha value is -1.27. The predicted octanol–water partition coefficient (Wildman–Crippen LogP) is 2.82. The van der Waals surface area contributed by atoms with Crippen molar-refractivity contribution in [2.24, 2.45) is 18.7 Å². The maximum Gasteiger partial charge on any atom is 0.323 e. The Morgan fingerprint density at radius 3 is 2.85 bits per heavy atom. The van der Waals surface area contributed by atoms with Gasteiger partial charge in [0.25, 0.3) is 0 Å². The molecule has 2 heterocycles. The molecule has 0 bridgehead atoms. The number of nitrogens with zero attached hydrogens (tertiary/aromatic N) is 1. The summed E-state index contributed by atoms with van der Waals surface area (Å²) in [5.41, 5.74) is 8.06. The summed E-state index contributed by atoms with van der Waals surface area (Å²) in [6.07, 6.45) is 5.56. The monoisotopic (exact) mass is 402 g/mol. The molecule has 1 aromatic heterocycles. The molecule has 3 rings (SSSR count). The van der Waals surface area contributed by atoms with Crippen molar-refractivity contribution in [2.75, 3.05) is 19.7 Å². The van der Waals surface area contributed by atoms with E-state index in [9.17, 15) is 4.79 Å². The highest BCUT2D eigenvalue weighted by Crippen LogP contribution is 2.21. The van der Waals surface area contributed by atoms with E-state index in [-0.39, 0.29) is 37.8 Å². The van der Waals surface area contributed by atoms with E-state index in [4.69, 9.17) is 11.8 Å². The van der Waals surface area contributed by atoms with E-state index < -0.39 is 6.04 Å². The number of para-hydroxylation sites is 1. The van der Waals surface area contributed by atoms with Crippen LogP contribution in [0, 0.1) is 5.92 Å². The van der Waals surface area contributed by atoms with Crippen LogP contribution in [0.25, 0.3) is 10.9 Å². The zero-order valence-corrected chi connectivity index (χ0v) is 16.5. The predicted molar refractivity (Wildman–Crippen MR) is 110 cm³/mol. The molecule has 0 unspecified atom stereocenters. The number of rotatable bonds is 6. The summed E-state index contributed by atoms with van der Waals surface area (Å²) in [5, 5.41) is 4.39. The molecule has 0 spiro atoms. The van der Waals surface area contributed by atoms with E-state index >= 15 is 0 Å². The number of hydrogen-bond acceptors (Lipinski definition) is 4. The van der Waals surface area contributed by atoms with E-state index in [1.165, 1.54) is 0 Å². The molecule has 1 aliphatic rings. The van der Waals surface area contributed by atoms with Crippen LogP contribution in [0.1, 0.15) is 26.2 Å². The van der Waals surface area contributed by atoms with Crippen LogP contribution in [0.5, 0.6) is 0 Å². The average molecular weight is 403 g/mol. The Bertz CT molecular complexity index is 720. The highest BCUT2D eigenvalue weighted by atomic mass is 35.5. The Morgan fingerprint density at radius 2 is 2.12 bits per heavy atom. The number of halogens is 2. The molecule has 3 N–H and O–H groups in total. The fourth-order valence-corrected chi connectivity index (χ4v) is 3.41. The van der Waals surface area contributed by atoms with Crippen LogP contribution in [-0.4, -0.2) is 36.3 Å². The lowest BCUT2D eigenvalue weighted by Gasteiger charge is -2.22. The Morgan fingerprint density at radius 1 is 1.38 bits per heavy atom. The van der Waals surface area contributed by atoms with Gasteiger partial charge in [0.1, 0.15) is 6.04 Å². The standard InChI is InChI=1S/C19H27N3O2.2ClH/c1-22-13-15(16-4-2-3-5-18(16)22)12-17(20)19(23)24-11-8-14-6-9-21-10-7-14;;/h2-5,13-14,17,21H,6-12,20H2,1H3;2*1H/t17-;;/m0../s1/i1D;;. The Balaban J connectivity index is 0.00000182. The lowest BCUT2D eigenvalue weighted by atomic mass is 9.95. The van der Waals surface area contributed by atoms with E-state index in [1.807, 2.05) is 35.0 Å². The maximum absolute atomic E-state index is 12.2. The minimum Gasteiger partial charge on any atom is -0.465 e. The number of ether oxygens (including phenoxy) is 1. The van der Waals surface area contributed by atoms with Gasteiger partial charge >= 0.3 is 5.97 Å². The Kier molecular flexibility index (Phi) is 8.72. The first-order valence-corrected chi connectivity index (χ1v) is 8.68. The summed E-state index contributed by atoms with van der Waals surface area (Å²) in [5.74, 6) is 0.303. The Labute approximate surface area is 168 Å². The SMILES string of the molecule is Cl.Cl.[2H]Cn1cc(C[C@H](N)C(=O)OCCC2CCNCC2)c2ccccc21. The smallest absolute Gasteiger partial charge is 0.323 e. The fraction of sp³-hybridized carbons (Fsp3) is 0.526. The van der Waals surface area contributed by atoms with Gasteiger partial charge in [-0.2, -0.15) is 0 Å². The van der Waals surface area contributed by atoms with Crippen LogP contribution in [0.4, 0.5) is 0 Å². The molecule has 1 aliphatic heterocycles. The average Bonchev–Trinajstić information content (AvgIpc) is 3.00. The molecule has 5 nitrogen and oxygen atoms in total. The van der Waals surface area contributed by atoms with Crippen molar-refractivity contribution >= 4 is 41.7 Å². The first kappa shape index (κ1) is 21.0. The van der Waals surface area contributed by atoms with Crippen LogP contribution in [0.15, 0.2) is 30.5 Å². The number of aryl methyl sites for hydroxylation is 1. The molecular weight excluding hydrogens is 373 g/mol. The summed E-state index contributed by atoms with van der Waals surface area (Å²) >= 11 is 0. The number of benzene rings is 1. The number of carbonyl (C=O) groups excluding carboxylic acids is 1. The van der Waals surface area contributed by atoms with Crippen LogP contribution >= 0.6 is 24.8 Å². The molecule has 0 saturated carbocycles.